The Morgan fingerprint density at radius 3 is 2.67 bits per heavy atom. The minimum atomic E-state index is -0.942. The number of hydrogen-bond acceptors (Lipinski definition) is 5. The quantitative estimate of drug-likeness (QED) is 0.806. The molecule has 1 unspecified atom stereocenters. The van der Waals surface area contributed by atoms with Gasteiger partial charge in [-0.25, -0.2) is 4.79 Å². The van der Waals surface area contributed by atoms with Crippen molar-refractivity contribution in [3.63, 3.8) is 0 Å². The van der Waals surface area contributed by atoms with E-state index < -0.39 is 18.0 Å². The maximum atomic E-state index is 12.4. The Balaban J connectivity index is 2.07. The molecule has 1 atom stereocenters. The molecule has 0 aliphatic rings. The molecule has 0 aliphatic carbocycles. The number of carbonyl (C=O) groups is 2. The van der Waals surface area contributed by atoms with Gasteiger partial charge in [0.1, 0.15) is 16.5 Å². The van der Waals surface area contributed by atoms with Gasteiger partial charge in [0, 0.05) is 7.05 Å². The van der Waals surface area contributed by atoms with E-state index in [1.165, 1.54) is 10.9 Å². The van der Waals surface area contributed by atoms with Crippen molar-refractivity contribution in [2.24, 2.45) is 13.0 Å². The molecule has 0 bridgehead atoms. The van der Waals surface area contributed by atoms with Crippen LogP contribution in [0.2, 0.25) is 5.15 Å². The molecule has 2 aromatic heterocycles. The molecule has 1 amide bonds. The van der Waals surface area contributed by atoms with Gasteiger partial charge in [0.25, 0.3) is 5.91 Å². The number of hydrogen-bond donors (Lipinski definition) is 1. The van der Waals surface area contributed by atoms with Crippen molar-refractivity contribution in [1.29, 1.82) is 0 Å². The van der Waals surface area contributed by atoms with Crippen LogP contribution in [0.4, 0.5) is 0 Å². The Morgan fingerprint density at radius 2 is 2.17 bits per heavy atom. The van der Waals surface area contributed by atoms with Crippen molar-refractivity contribution in [3.8, 4) is 0 Å². The van der Waals surface area contributed by atoms with Crippen molar-refractivity contribution in [1.82, 2.24) is 15.1 Å². The lowest BCUT2D eigenvalue weighted by Gasteiger charge is -2.20. The van der Waals surface area contributed by atoms with Crippen LogP contribution in [0, 0.1) is 12.8 Å². The minimum Gasteiger partial charge on any atom is -0.467 e. The summed E-state index contributed by atoms with van der Waals surface area (Å²) in [6, 6.07) is 3.48. The summed E-state index contributed by atoms with van der Waals surface area (Å²) < 4.78 is 11.9. The highest BCUT2D eigenvalue weighted by molar-refractivity contribution is 6.32. The summed E-state index contributed by atoms with van der Waals surface area (Å²) in [5, 5.41) is 6.94. The van der Waals surface area contributed by atoms with Gasteiger partial charge >= 0.3 is 5.97 Å². The Hall–Kier alpha value is -2.28. The number of halogens is 1. The molecule has 0 saturated heterocycles. The number of aryl methyl sites for hydroxylation is 2. The summed E-state index contributed by atoms with van der Waals surface area (Å²) in [5.74, 6) is -0.658. The maximum absolute atomic E-state index is 12.4. The first kappa shape index (κ1) is 18.1. The largest absolute Gasteiger partial charge is 0.467 e. The van der Waals surface area contributed by atoms with Gasteiger partial charge in [-0.15, -0.1) is 0 Å². The van der Waals surface area contributed by atoms with Crippen molar-refractivity contribution in [2.45, 2.75) is 33.4 Å². The molecular weight excluding hydrogens is 334 g/mol. The molecule has 0 aliphatic heterocycles. The van der Waals surface area contributed by atoms with Crippen molar-refractivity contribution in [3.05, 3.63) is 40.6 Å². The average Bonchev–Trinajstić information content (AvgIpc) is 3.11. The smallest absolute Gasteiger partial charge is 0.344 e. The van der Waals surface area contributed by atoms with E-state index in [1.54, 1.807) is 40.0 Å². The van der Waals surface area contributed by atoms with Crippen LogP contribution in [0.25, 0.3) is 0 Å². The number of esters is 1. The number of nitrogens with one attached hydrogen (secondary N) is 1. The molecule has 2 aromatic rings. The van der Waals surface area contributed by atoms with Gasteiger partial charge in [-0.2, -0.15) is 5.10 Å². The molecule has 0 radical (unpaired) electrons. The highest BCUT2D eigenvalue weighted by Gasteiger charge is 2.29. The lowest BCUT2D eigenvalue weighted by molar-refractivity contribution is -0.132. The Morgan fingerprint density at radius 1 is 1.46 bits per heavy atom. The minimum absolute atomic E-state index is 0.170. The molecule has 0 aromatic carbocycles. The van der Waals surface area contributed by atoms with Gasteiger partial charge in [-0.1, -0.05) is 25.4 Å². The molecule has 7 nitrogen and oxygen atoms in total. The van der Waals surface area contributed by atoms with E-state index in [9.17, 15) is 9.59 Å². The van der Waals surface area contributed by atoms with Gasteiger partial charge in [0.2, 0.25) is 0 Å². The Labute approximate surface area is 144 Å². The van der Waals surface area contributed by atoms with E-state index >= 15 is 0 Å². The number of nitrogens with zero attached hydrogens (tertiary/aromatic N) is 2. The number of carbonyl (C=O) groups excluding carboxylic acids is 2. The fourth-order valence-corrected chi connectivity index (χ4v) is 2.47. The average molecular weight is 354 g/mol. The molecule has 24 heavy (non-hydrogen) atoms. The monoisotopic (exact) mass is 353 g/mol. The zero-order valence-corrected chi connectivity index (χ0v) is 14.8. The highest BCUT2D eigenvalue weighted by Crippen LogP contribution is 2.21. The first-order valence-corrected chi connectivity index (χ1v) is 7.89. The van der Waals surface area contributed by atoms with Gasteiger partial charge in [-0.05, 0) is 25.0 Å². The van der Waals surface area contributed by atoms with Gasteiger partial charge < -0.3 is 14.5 Å². The lowest BCUT2D eigenvalue weighted by atomic mass is 10.1. The SMILES string of the molecule is Cc1nn(C)c(Cl)c1C(=O)OC(C(=O)NCc1ccco1)C(C)C. The van der Waals surface area contributed by atoms with E-state index in [0.29, 0.717) is 11.5 Å². The first-order chi connectivity index (χ1) is 11.3. The summed E-state index contributed by atoms with van der Waals surface area (Å²) in [7, 11) is 1.63. The topological polar surface area (TPSA) is 86.4 Å². The van der Waals surface area contributed by atoms with Crippen LogP contribution in [0.5, 0.6) is 0 Å². The third-order valence-electron chi connectivity index (χ3n) is 3.47. The van der Waals surface area contributed by atoms with Crippen LogP contribution < -0.4 is 5.32 Å². The number of aromatic nitrogens is 2. The molecule has 2 rings (SSSR count). The summed E-state index contributed by atoms with van der Waals surface area (Å²) in [4.78, 5) is 24.7. The summed E-state index contributed by atoms with van der Waals surface area (Å²) in [6.07, 6.45) is 0.581. The summed E-state index contributed by atoms with van der Waals surface area (Å²) in [5.41, 5.74) is 0.620. The predicted molar refractivity (Wildman–Crippen MR) is 87.6 cm³/mol. The van der Waals surface area contributed by atoms with Crippen molar-refractivity contribution < 1.29 is 18.7 Å². The van der Waals surface area contributed by atoms with Gasteiger partial charge in [-0.3, -0.25) is 9.48 Å². The fourth-order valence-electron chi connectivity index (χ4n) is 2.22. The van der Waals surface area contributed by atoms with Gasteiger partial charge in [0.15, 0.2) is 6.10 Å². The zero-order chi connectivity index (χ0) is 17.9. The van der Waals surface area contributed by atoms with Crippen molar-refractivity contribution in [2.75, 3.05) is 0 Å². The van der Waals surface area contributed by atoms with Crippen LogP contribution >= 0.6 is 11.6 Å². The number of rotatable bonds is 6. The second-order valence-electron chi connectivity index (χ2n) is 5.74. The predicted octanol–water partition coefficient (Wildman–Crippen LogP) is 2.47. The molecule has 0 spiro atoms. The number of ether oxygens (including phenoxy) is 1. The normalized spacial score (nSPS) is 12.2. The Bertz CT molecular complexity index is 722. The molecule has 2 heterocycles. The first-order valence-electron chi connectivity index (χ1n) is 7.51. The molecule has 130 valence electrons. The number of furan rings is 1. The summed E-state index contributed by atoms with van der Waals surface area (Å²) in [6.45, 7) is 5.47. The van der Waals surface area contributed by atoms with E-state index in [0.717, 1.165) is 0 Å². The van der Waals surface area contributed by atoms with E-state index in [1.807, 2.05) is 0 Å². The lowest BCUT2D eigenvalue weighted by Crippen LogP contribution is -2.40. The van der Waals surface area contributed by atoms with Crippen LogP contribution in [0.1, 0.15) is 35.7 Å². The van der Waals surface area contributed by atoms with Crippen molar-refractivity contribution >= 4 is 23.5 Å². The number of amides is 1. The second kappa shape index (κ2) is 7.53. The fraction of sp³-hybridized carbons (Fsp3) is 0.438. The zero-order valence-electron chi connectivity index (χ0n) is 14.0. The van der Waals surface area contributed by atoms with E-state index in [-0.39, 0.29) is 23.2 Å². The standard InChI is InChI=1S/C16H20ClN3O4/c1-9(2)13(15(21)18-8-11-6-5-7-23-11)24-16(22)12-10(3)19-20(4)14(12)17/h5-7,9,13H,8H2,1-4H3,(H,18,21). The van der Waals surface area contributed by atoms with Crippen LogP contribution in [0.15, 0.2) is 22.8 Å². The molecule has 0 saturated carbocycles. The van der Waals surface area contributed by atoms with Gasteiger partial charge in [0.05, 0.1) is 18.5 Å². The Kier molecular flexibility index (Phi) is 5.66. The third-order valence-corrected chi connectivity index (χ3v) is 3.90. The van der Waals surface area contributed by atoms with Crippen LogP contribution in [-0.2, 0) is 23.1 Å². The highest BCUT2D eigenvalue weighted by atomic mass is 35.5. The van der Waals surface area contributed by atoms with E-state index in [4.69, 9.17) is 20.8 Å². The summed E-state index contributed by atoms with van der Waals surface area (Å²) >= 11 is 6.07. The molecule has 0 fully saturated rings. The van der Waals surface area contributed by atoms with Crippen LogP contribution in [0.3, 0.4) is 0 Å². The third kappa shape index (κ3) is 3.97. The second-order valence-corrected chi connectivity index (χ2v) is 6.10. The van der Waals surface area contributed by atoms with Crippen LogP contribution in [-0.4, -0.2) is 27.8 Å². The molecule has 8 heteroatoms. The maximum Gasteiger partial charge on any atom is 0.344 e. The molecule has 1 N–H and O–H groups in total. The van der Waals surface area contributed by atoms with E-state index in [2.05, 4.69) is 10.4 Å². The molecular formula is C16H20ClN3O4.